The molecule has 4 nitrogen and oxygen atoms in total. The van der Waals surface area contributed by atoms with E-state index in [1.165, 1.54) is 6.42 Å². The average molecular weight is 256 g/mol. The molecule has 0 aliphatic rings. The van der Waals surface area contributed by atoms with Gasteiger partial charge in [-0.05, 0) is 18.6 Å². The largest absolute Gasteiger partial charge is 0.494 e. The van der Waals surface area contributed by atoms with E-state index in [1.54, 1.807) is 0 Å². The first-order valence-corrected chi connectivity index (χ1v) is 6.32. The maximum Gasteiger partial charge on any atom is 0.119 e. The fraction of sp³-hybridized carbons (Fsp3) is 0.571. The minimum Gasteiger partial charge on any atom is -0.494 e. The first-order chi connectivity index (χ1) is 8.85. The molecule has 1 rings (SSSR count). The normalized spacial score (nSPS) is 9.50. The van der Waals surface area contributed by atoms with Crippen molar-refractivity contribution in [1.29, 1.82) is 0 Å². The number of hydrogen-bond acceptors (Lipinski definition) is 4. The van der Waals surface area contributed by atoms with Crippen LogP contribution in [0.25, 0.3) is 0 Å². The van der Waals surface area contributed by atoms with Crippen LogP contribution in [0, 0.1) is 0 Å². The van der Waals surface area contributed by atoms with Gasteiger partial charge in [0.25, 0.3) is 0 Å². The second-order valence-corrected chi connectivity index (χ2v) is 3.57. The monoisotopic (exact) mass is 256 g/mol. The topological polar surface area (TPSA) is 58.9 Å². The number of hydrogen-bond donors (Lipinski definition) is 2. The molecule has 0 heterocycles. The minimum atomic E-state index is 0.0278. The summed E-state index contributed by atoms with van der Waals surface area (Å²) < 4.78 is 10.1. The van der Waals surface area contributed by atoms with E-state index in [4.69, 9.17) is 14.9 Å². The Morgan fingerprint density at radius 2 is 1.56 bits per heavy atom. The molecule has 0 bridgehead atoms. The van der Waals surface area contributed by atoms with Gasteiger partial charge >= 0.3 is 0 Å². The predicted octanol–water partition coefficient (Wildman–Crippen LogP) is 1.85. The number of aliphatic hydroxyl groups excluding tert-OH is 2. The molecule has 0 amide bonds. The third kappa shape index (κ3) is 11.4. The highest BCUT2D eigenvalue weighted by molar-refractivity contribution is 5.20. The van der Waals surface area contributed by atoms with Crippen molar-refractivity contribution in [3.8, 4) is 5.75 Å². The summed E-state index contributed by atoms with van der Waals surface area (Å²) in [6, 6.07) is 9.93. The predicted molar refractivity (Wildman–Crippen MR) is 71.8 cm³/mol. The van der Waals surface area contributed by atoms with Gasteiger partial charge in [-0.15, -0.1) is 0 Å². The van der Waals surface area contributed by atoms with Gasteiger partial charge in [0.1, 0.15) is 5.75 Å². The molecule has 0 unspecified atom stereocenters. The summed E-state index contributed by atoms with van der Waals surface area (Å²) in [6.45, 7) is 3.69. The molecule has 1 aromatic carbocycles. The molecular formula is C14H24O4. The lowest BCUT2D eigenvalue weighted by Crippen LogP contribution is -2.03. The van der Waals surface area contributed by atoms with Gasteiger partial charge in [0.05, 0.1) is 33.0 Å². The van der Waals surface area contributed by atoms with Crippen molar-refractivity contribution in [2.24, 2.45) is 0 Å². The molecule has 0 aliphatic heterocycles. The molecule has 18 heavy (non-hydrogen) atoms. The lowest BCUT2D eigenvalue weighted by molar-refractivity contribution is 0.0650. The molecule has 4 heteroatoms. The van der Waals surface area contributed by atoms with E-state index in [9.17, 15) is 0 Å². The lowest BCUT2D eigenvalue weighted by atomic mass is 10.3. The van der Waals surface area contributed by atoms with E-state index in [0.717, 1.165) is 18.8 Å². The van der Waals surface area contributed by atoms with Crippen molar-refractivity contribution in [2.45, 2.75) is 19.8 Å². The van der Waals surface area contributed by atoms with E-state index in [-0.39, 0.29) is 13.2 Å². The standard InChI is InChI=1S/C10H14O.C4H10O3/c1-2-3-9-11-10-7-5-4-6-8-10;5-1-3-7-4-2-6/h4-8H,2-3,9H2,1H3;5-6H,1-4H2. The maximum atomic E-state index is 8.09. The van der Waals surface area contributed by atoms with Crippen molar-refractivity contribution in [1.82, 2.24) is 0 Å². The van der Waals surface area contributed by atoms with Crippen molar-refractivity contribution in [3.05, 3.63) is 30.3 Å². The summed E-state index contributed by atoms with van der Waals surface area (Å²) in [5.74, 6) is 0.973. The minimum absolute atomic E-state index is 0.0278. The summed E-state index contributed by atoms with van der Waals surface area (Å²) in [5, 5.41) is 16.2. The smallest absolute Gasteiger partial charge is 0.119 e. The number of benzene rings is 1. The Morgan fingerprint density at radius 1 is 0.944 bits per heavy atom. The third-order valence-corrected chi connectivity index (χ3v) is 1.98. The highest BCUT2D eigenvalue weighted by Gasteiger charge is 1.88. The first-order valence-electron chi connectivity index (χ1n) is 6.32. The highest BCUT2D eigenvalue weighted by atomic mass is 16.5. The van der Waals surface area contributed by atoms with Gasteiger partial charge in [-0.2, -0.15) is 0 Å². The van der Waals surface area contributed by atoms with Crippen LogP contribution < -0.4 is 4.74 Å². The fourth-order valence-electron chi connectivity index (χ4n) is 1.08. The van der Waals surface area contributed by atoms with Crippen LogP contribution in [0.1, 0.15) is 19.8 Å². The van der Waals surface area contributed by atoms with Crippen LogP contribution in [-0.4, -0.2) is 43.2 Å². The molecule has 0 saturated carbocycles. The van der Waals surface area contributed by atoms with E-state index >= 15 is 0 Å². The van der Waals surface area contributed by atoms with E-state index in [2.05, 4.69) is 11.7 Å². The van der Waals surface area contributed by atoms with E-state index < -0.39 is 0 Å². The van der Waals surface area contributed by atoms with Gasteiger partial charge < -0.3 is 19.7 Å². The van der Waals surface area contributed by atoms with E-state index in [0.29, 0.717) is 13.2 Å². The summed E-state index contributed by atoms with van der Waals surface area (Å²) >= 11 is 0. The lowest BCUT2D eigenvalue weighted by Gasteiger charge is -2.03. The van der Waals surface area contributed by atoms with Crippen LogP contribution >= 0.6 is 0 Å². The van der Waals surface area contributed by atoms with Crippen LogP contribution in [0.3, 0.4) is 0 Å². The molecule has 104 valence electrons. The van der Waals surface area contributed by atoms with Gasteiger partial charge in [-0.25, -0.2) is 0 Å². The maximum absolute atomic E-state index is 8.09. The zero-order chi connectivity index (χ0) is 13.5. The molecule has 0 atom stereocenters. The fourth-order valence-corrected chi connectivity index (χ4v) is 1.08. The number of para-hydroxylation sites is 1. The number of aliphatic hydroxyl groups is 2. The molecule has 0 radical (unpaired) electrons. The van der Waals surface area contributed by atoms with Gasteiger partial charge in [0.15, 0.2) is 0 Å². The summed E-state index contributed by atoms with van der Waals surface area (Å²) in [5.41, 5.74) is 0. The first kappa shape index (κ1) is 16.9. The Balaban J connectivity index is 0.000000360. The van der Waals surface area contributed by atoms with Gasteiger partial charge in [-0.3, -0.25) is 0 Å². The Labute approximate surface area is 109 Å². The van der Waals surface area contributed by atoms with Gasteiger partial charge in [0.2, 0.25) is 0 Å². The van der Waals surface area contributed by atoms with Gasteiger partial charge in [0, 0.05) is 0 Å². The van der Waals surface area contributed by atoms with Crippen LogP contribution in [0.15, 0.2) is 30.3 Å². The number of unbranched alkanes of at least 4 members (excludes halogenated alkanes) is 1. The van der Waals surface area contributed by atoms with Crippen LogP contribution in [0.4, 0.5) is 0 Å². The Morgan fingerprint density at radius 3 is 2.06 bits per heavy atom. The van der Waals surface area contributed by atoms with E-state index in [1.807, 2.05) is 30.3 Å². The van der Waals surface area contributed by atoms with Crippen molar-refractivity contribution < 1.29 is 19.7 Å². The quantitative estimate of drug-likeness (QED) is 0.697. The zero-order valence-electron chi connectivity index (χ0n) is 11.0. The van der Waals surface area contributed by atoms with Crippen LogP contribution in [0.5, 0.6) is 5.75 Å². The Hall–Kier alpha value is -1.10. The van der Waals surface area contributed by atoms with Crippen molar-refractivity contribution >= 4 is 0 Å². The second kappa shape index (κ2) is 14.0. The molecule has 0 spiro atoms. The van der Waals surface area contributed by atoms with Gasteiger partial charge in [-0.1, -0.05) is 31.5 Å². The molecular weight excluding hydrogens is 232 g/mol. The Bertz CT molecular complexity index is 247. The zero-order valence-corrected chi connectivity index (χ0v) is 11.0. The second-order valence-electron chi connectivity index (χ2n) is 3.57. The number of ether oxygens (including phenoxy) is 2. The number of rotatable bonds is 8. The molecule has 0 aromatic heterocycles. The van der Waals surface area contributed by atoms with Crippen LogP contribution in [-0.2, 0) is 4.74 Å². The Kier molecular flexibility index (Phi) is 13.1. The summed E-state index contributed by atoms with van der Waals surface area (Å²) in [7, 11) is 0. The molecule has 2 N–H and O–H groups in total. The summed E-state index contributed by atoms with van der Waals surface area (Å²) in [4.78, 5) is 0. The molecule has 0 aliphatic carbocycles. The molecule has 0 fully saturated rings. The molecule has 1 aromatic rings. The average Bonchev–Trinajstić information content (AvgIpc) is 2.42. The summed E-state index contributed by atoms with van der Waals surface area (Å²) in [6.07, 6.45) is 2.32. The van der Waals surface area contributed by atoms with Crippen LogP contribution in [0.2, 0.25) is 0 Å². The SMILES string of the molecule is CCCCOc1ccccc1.OCCOCCO. The molecule has 0 saturated heterocycles. The highest BCUT2D eigenvalue weighted by Crippen LogP contribution is 2.08. The van der Waals surface area contributed by atoms with Crippen molar-refractivity contribution in [3.63, 3.8) is 0 Å². The third-order valence-electron chi connectivity index (χ3n) is 1.98. The van der Waals surface area contributed by atoms with Crippen molar-refractivity contribution in [2.75, 3.05) is 33.0 Å².